The van der Waals surface area contributed by atoms with Gasteiger partial charge in [-0.3, -0.25) is 24.1 Å². The molecule has 15 heteroatoms. The van der Waals surface area contributed by atoms with E-state index in [1.165, 1.54) is 31.3 Å². The van der Waals surface area contributed by atoms with E-state index in [0.29, 0.717) is 11.3 Å². The first-order valence-electron chi connectivity index (χ1n) is 13.4. The van der Waals surface area contributed by atoms with Crippen molar-refractivity contribution < 1.29 is 51.0 Å². The highest BCUT2D eigenvalue weighted by Crippen LogP contribution is 2.66. The van der Waals surface area contributed by atoms with Crippen LogP contribution in [0.4, 0.5) is 27.6 Å². The van der Waals surface area contributed by atoms with Crippen molar-refractivity contribution in [3.05, 3.63) is 70.6 Å². The molecular weight excluding hydrogens is 638 g/mol. The minimum absolute atomic E-state index is 0.0448. The number of aliphatic hydroxyl groups excluding tert-OH is 1. The molecule has 1 saturated carbocycles. The van der Waals surface area contributed by atoms with E-state index in [1.54, 1.807) is 6.08 Å². The number of fused-ring (bicyclic) bond motifs is 4. The first kappa shape index (κ1) is 30.5. The Labute approximate surface area is 255 Å². The Balaban J connectivity index is 1.57. The summed E-state index contributed by atoms with van der Waals surface area (Å²) in [6.07, 6.45) is 1.10. The number of amides is 4. The van der Waals surface area contributed by atoms with E-state index in [2.05, 4.69) is 0 Å². The van der Waals surface area contributed by atoms with Crippen molar-refractivity contribution in [1.29, 1.82) is 0 Å². The van der Waals surface area contributed by atoms with Crippen molar-refractivity contribution in [2.24, 2.45) is 17.8 Å². The van der Waals surface area contributed by atoms with Crippen LogP contribution < -0.4 is 9.64 Å². The number of carbonyl (C=O) groups excluding carboxylic acids is 4. The molecule has 0 spiro atoms. The number of allylic oxidation sites excluding steroid dienone is 2. The van der Waals surface area contributed by atoms with Crippen LogP contribution in [0.2, 0.25) is 0 Å². The summed E-state index contributed by atoms with van der Waals surface area (Å²) in [5, 5.41) is 9.06. The van der Waals surface area contributed by atoms with Crippen molar-refractivity contribution >= 4 is 52.5 Å². The largest absolute Gasteiger partial charge is 0.491 e. The lowest BCUT2D eigenvalue weighted by Crippen LogP contribution is -2.60. The molecule has 232 valence electrons. The van der Waals surface area contributed by atoms with Gasteiger partial charge in [-0.2, -0.15) is 0 Å². The van der Waals surface area contributed by atoms with E-state index < -0.39 is 98.2 Å². The van der Waals surface area contributed by atoms with Gasteiger partial charge in [-0.25, -0.2) is 26.9 Å². The Morgan fingerprint density at radius 1 is 0.886 bits per heavy atom. The highest BCUT2D eigenvalue weighted by atomic mass is 35.5. The number of halogens is 7. The first-order chi connectivity index (χ1) is 20.7. The van der Waals surface area contributed by atoms with E-state index in [0.717, 1.165) is 4.90 Å². The van der Waals surface area contributed by atoms with Gasteiger partial charge in [-0.1, -0.05) is 23.8 Å². The summed E-state index contributed by atoms with van der Waals surface area (Å²) < 4.78 is 77.8. The zero-order chi connectivity index (χ0) is 32.0. The summed E-state index contributed by atoms with van der Waals surface area (Å²) in [4.78, 5) is 49.9. The average Bonchev–Trinajstić information content (AvgIpc) is 3.32. The number of carbonyl (C=O) groups is 4. The van der Waals surface area contributed by atoms with Crippen molar-refractivity contribution in [1.82, 2.24) is 4.90 Å². The predicted octanol–water partition coefficient (Wildman–Crippen LogP) is 3.95. The second kappa shape index (κ2) is 10.2. The summed E-state index contributed by atoms with van der Waals surface area (Å²) in [7, 11) is 1.30. The number of rotatable bonds is 5. The minimum atomic E-state index is -2.59. The Kier molecular flexibility index (Phi) is 7.10. The van der Waals surface area contributed by atoms with Gasteiger partial charge < -0.3 is 9.84 Å². The SMILES string of the molecule is CN1C(=O)[C@H]2[C@H](CC=C3[C@H]2C[C@@]2(Cl)C(=O)N(c4c(F)c(F)c(F)c(F)c4F)C(=O)[C@@]2(Cl)[C@H]3c2ccc(OCCO)cc2)C1=O. The van der Waals surface area contributed by atoms with Gasteiger partial charge in [0, 0.05) is 13.0 Å². The number of anilines is 1. The van der Waals surface area contributed by atoms with E-state index >= 15 is 8.78 Å². The average molecular weight is 659 g/mol. The summed E-state index contributed by atoms with van der Waals surface area (Å²) in [5.74, 6) is -20.2. The van der Waals surface area contributed by atoms with Crippen LogP contribution in [-0.4, -0.2) is 63.6 Å². The number of likely N-dealkylation sites (tertiary alicyclic amines) is 1. The lowest BCUT2D eigenvalue weighted by molar-refractivity contribution is -0.138. The Bertz CT molecular complexity index is 1660. The smallest absolute Gasteiger partial charge is 0.258 e. The second-order valence-corrected chi connectivity index (χ2v) is 12.3. The highest BCUT2D eigenvalue weighted by molar-refractivity contribution is 6.58. The monoisotopic (exact) mass is 658 g/mol. The van der Waals surface area contributed by atoms with Crippen LogP contribution in [0.3, 0.4) is 0 Å². The van der Waals surface area contributed by atoms with Gasteiger partial charge in [0.15, 0.2) is 33.0 Å². The molecule has 0 radical (unpaired) electrons. The van der Waals surface area contributed by atoms with Gasteiger partial charge in [-0.15, -0.1) is 23.2 Å². The molecule has 0 unspecified atom stereocenters. The molecular formula is C29H21Cl2F5N2O6. The van der Waals surface area contributed by atoms with Crippen LogP contribution in [-0.2, 0) is 19.2 Å². The third-order valence-corrected chi connectivity index (χ3v) is 10.4. The summed E-state index contributed by atoms with van der Waals surface area (Å²) in [5.41, 5.74) is -1.25. The molecule has 3 fully saturated rings. The normalized spacial score (nSPS) is 31.2. The molecule has 4 amide bonds. The maximum absolute atomic E-state index is 15.0. The molecule has 2 aromatic carbocycles. The fourth-order valence-corrected chi connectivity index (χ4v) is 7.95. The van der Waals surface area contributed by atoms with Crippen LogP contribution in [0.15, 0.2) is 35.9 Å². The molecule has 0 aromatic heterocycles. The molecule has 4 aliphatic rings. The maximum Gasteiger partial charge on any atom is 0.258 e. The molecule has 2 aliphatic heterocycles. The zero-order valence-corrected chi connectivity index (χ0v) is 24.1. The second-order valence-electron chi connectivity index (χ2n) is 11.1. The third kappa shape index (κ3) is 3.78. The molecule has 6 atom stereocenters. The van der Waals surface area contributed by atoms with Gasteiger partial charge in [0.05, 0.1) is 18.4 Å². The maximum atomic E-state index is 15.0. The molecule has 0 bridgehead atoms. The Morgan fingerprint density at radius 2 is 1.48 bits per heavy atom. The number of benzene rings is 2. The lowest BCUT2D eigenvalue weighted by Gasteiger charge is -2.50. The summed E-state index contributed by atoms with van der Waals surface area (Å²) in [6.45, 7) is -0.330. The fraction of sp³-hybridized carbons (Fsp3) is 0.379. The molecule has 1 N–H and O–H groups in total. The molecule has 8 nitrogen and oxygen atoms in total. The molecule has 2 heterocycles. The number of hydrogen-bond acceptors (Lipinski definition) is 6. The fourth-order valence-electron chi connectivity index (χ4n) is 7.02. The molecule has 44 heavy (non-hydrogen) atoms. The number of hydrogen-bond donors (Lipinski definition) is 1. The highest BCUT2D eigenvalue weighted by Gasteiger charge is 2.77. The molecule has 2 aromatic rings. The lowest BCUT2D eigenvalue weighted by atomic mass is 9.56. The standard InChI is InChI=1S/C29H21Cl2F5N2O6/c1-37-24(40)14-7-6-13-15(16(14)25(37)41)10-28(30)26(42)38(23-21(35)19(33)18(32)20(34)22(23)36)27(43)29(28,31)17(13)11-2-4-12(5-3-11)44-9-8-39/h2-6,14-17,39H,7-10H2,1H3/t14-,15+,16-,17-,28+,29-/m0/s1. The topological polar surface area (TPSA) is 104 Å². The number of alkyl halides is 2. The van der Waals surface area contributed by atoms with Crippen molar-refractivity contribution in [2.75, 3.05) is 25.2 Å². The summed E-state index contributed by atoms with van der Waals surface area (Å²) in [6, 6.07) is 5.83. The molecule has 6 rings (SSSR count). The third-order valence-electron chi connectivity index (χ3n) is 9.02. The van der Waals surface area contributed by atoms with E-state index in [9.17, 15) is 32.3 Å². The van der Waals surface area contributed by atoms with Gasteiger partial charge >= 0.3 is 0 Å². The van der Waals surface area contributed by atoms with Crippen molar-refractivity contribution in [3.8, 4) is 5.75 Å². The van der Waals surface area contributed by atoms with Crippen LogP contribution >= 0.6 is 23.2 Å². The van der Waals surface area contributed by atoms with Gasteiger partial charge in [0.25, 0.3) is 11.8 Å². The van der Waals surface area contributed by atoms with E-state index in [-0.39, 0.29) is 30.1 Å². The van der Waals surface area contributed by atoms with Gasteiger partial charge in [0.2, 0.25) is 17.6 Å². The molecule has 2 aliphatic carbocycles. The number of ether oxygens (including phenoxy) is 1. The van der Waals surface area contributed by atoms with E-state index in [4.69, 9.17) is 33.0 Å². The number of aliphatic hydroxyl groups is 1. The van der Waals surface area contributed by atoms with Crippen molar-refractivity contribution in [2.45, 2.75) is 28.5 Å². The first-order valence-corrected chi connectivity index (χ1v) is 14.1. The minimum Gasteiger partial charge on any atom is -0.491 e. The Hall–Kier alpha value is -3.55. The van der Waals surface area contributed by atoms with E-state index in [1.807, 2.05) is 0 Å². The molecule has 2 saturated heterocycles. The van der Waals surface area contributed by atoms with Crippen LogP contribution in [0, 0.1) is 46.8 Å². The van der Waals surface area contributed by atoms with Crippen LogP contribution in [0.1, 0.15) is 24.3 Å². The van der Waals surface area contributed by atoms with Gasteiger partial charge in [-0.05, 0) is 36.5 Å². The number of nitrogens with zero attached hydrogens (tertiary/aromatic N) is 2. The zero-order valence-electron chi connectivity index (χ0n) is 22.6. The summed E-state index contributed by atoms with van der Waals surface area (Å²) >= 11 is 14.0. The van der Waals surface area contributed by atoms with Crippen LogP contribution in [0.25, 0.3) is 0 Å². The van der Waals surface area contributed by atoms with Crippen LogP contribution in [0.5, 0.6) is 5.75 Å². The Morgan fingerprint density at radius 3 is 2.07 bits per heavy atom. The number of imide groups is 2. The quantitative estimate of drug-likeness (QED) is 0.130. The van der Waals surface area contributed by atoms with Crippen molar-refractivity contribution in [3.63, 3.8) is 0 Å². The predicted molar refractivity (Wildman–Crippen MR) is 143 cm³/mol. The van der Waals surface area contributed by atoms with Gasteiger partial charge in [0.1, 0.15) is 18.0 Å².